The number of benzene rings is 2. The molecule has 1 saturated heterocycles. The van der Waals surface area contributed by atoms with Gasteiger partial charge in [0.1, 0.15) is 5.82 Å². The van der Waals surface area contributed by atoms with Crippen molar-refractivity contribution in [3.8, 4) is 0 Å². The minimum absolute atomic E-state index is 0.0608. The maximum absolute atomic E-state index is 13.7. The van der Waals surface area contributed by atoms with Crippen LogP contribution in [0.4, 0.5) is 25.4 Å². The highest BCUT2D eigenvalue weighted by Crippen LogP contribution is 2.21. The molecule has 1 aliphatic heterocycles. The summed E-state index contributed by atoms with van der Waals surface area (Å²) >= 11 is 3.27. The van der Waals surface area contributed by atoms with Gasteiger partial charge >= 0.3 is 12.1 Å². The van der Waals surface area contributed by atoms with Gasteiger partial charge in [0, 0.05) is 41.0 Å². The Kier molecular flexibility index (Phi) is 5.18. The van der Waals surface area contributed by atoms with Crippen LogP contribution in [0, 0.1) is 5.82 Å². The van der Waals surface area contributed by atoms with E-state index >= 15 is 0 Å². The first kappa shape index (κ1) is 17.2. The Morgan fingerprint density at radius 2 is 2.12 bits per heavy atom. The van der Waals surface area contributed by atoms with E-state index in [9.17, 15) is 14.0 Å². The molecule has 0 aliphatic carbocycles. The van der Waals surface area contributed by atoms with Gasteiger partial charge in [-0.1, -0.05) is 22.0 Å². The first-order valence-electron chi connectivity index (χ1n) is 7.67. The standard InChI is InChI=1S/C17H16BrFN4O2/c18-12-4-5-15(19)11(8-12)10-21-16(24)22-13-2-1-3-14(9-13)23-7-6-20-17(23)25/h1-5,8-9H,6-7,10H2,(H,20,25)(H2,21,22,24). The molecule has 25 heavy (non-hydrogen) atoms. The molecule has 2 aromatic carbocycles. The Balaban J connectivity index is 1.61. The molecular formula is C17H16BrFN4O2. The van der Waals surface area contributed by atoms with E-state index in [0.717, 1.165) is 4.47 Å². The lowest BCUT2D eigenvalue weighted by molar-refractivity contribution is 0.251. The van der Waals surface area contributed by atoms with Crippen LogP contribution < -0.4 is 20.9 Å². The molecule has 0 spiro atoms. The highest BCUT2D eigenvalue weighted by atomic mass is 79.9. The van der Waals surface area contributed by atoms with Crippen molar-refractivity contribution in [3.05, 3.63) is 58.3 Å². The van der Waals surface area contributed by atoms with Crippen molar-refractivity contribution in [3.63, 3.8) is 0 Å². The Labute approximate surface area is 152 Å². The van der Waals surface area contributed by atoms with E-state index in [-0.39, 0.29) is 18.4 Å². The third-order valence-electron chi connectivity index (χ3n) is 3.72. The van der Waals surface area contributed by atoms with Gasteiger partial charge in [0.2, 0.25) is 0 Å². The normalized spacial score (nSPS) is 13.5. The van der Waals surface area contributed by atoms with Gasteiger partial charge in [0.15, 0.2) is 0 Å². The predicted octanol–water partition coefficient (Wildman–Crippen LogP) is 3.44. The second kappa shape index (κ2) is 7.52. The summed E-state index contributed by atoms with van der Waals surface area (Å²) in [4.78, 5) is 25.3. The van der Waals surface area contributed by atoms with E-state index in [1.165, 1.54) is 6.07 Å². The van der Waals surface area contributed by atoms with E-state index in [2.05, 4.69) is 31.9 Å². The molecule has 3 N–H and O–H groups in total. The van der Waals surface area contributed by atoms with Crippen LogP contribution in [0.1, 0.15) is 5.56 Å². The number of carbonyl (C=O) groups excluding carboxylic acids is 2. The third kappa shape index (κ3) is 4.27. The lowest BCUT2D eigenvalue weighted by atomic mass is 10.2. The molecule has 3 rings (SSSR count). The summed E-state index contributed by atoms with van der Waals surface area (Å²) in [7, 11) is 0. The van der Waals surface area contributed by atoms with Crippen molar-refractivity contribution in [2.75, 3.05) is 23.3 Å². The zero-order valence-electron chi connectivity index (χ0n) is 13.2. The molecule has 0 saturated carbocycles. The summed E-state index contributed by atoms with van der Waals surface area (Å²) in [5.41, 5.74) is 1.63. The van der Waals surface area contributed by atoms with E-state index in [0.29, 0.717) is 30.0 Å². The Hall–Kier alpha value is -2.61. The van der Waals surface area contributed by atoms with Crippen LogP contribution in [-0.2, 0) is 6.54 Å². The maximum Gasteiger partial charge on any atom is 0.321 e. The molecule has 0 radical (unpaired) electrons. The summed E-state index contributed by atoms with van der Waals surface area (Å²) in [6.07, 6.45) is 0. The lowest BCUT2D eigenvalue weighted by Gasteiger charge is -2.15. The number of hydrogen-bond donors (Lipinski definition) is 3. The van der Waals surface area contributed by atoms with Crippen molar-refractivity contribution in [1.29, 1.82) is 0 Å². The molecule has 1 fully saturated rings. The van der Waals surface area contributed by atoms with Crippen molar-refractivity contribution in [1.82, 2.24) is 10.6 Å². The average molecular weight is 407 g/mol. The average Bonchev–Trinajstić information content (AvgIpc) is 3.02. The molecule has 8 heteroatoms. The van der Waals surface area contributed by atoms with Crippen LogP contribution in [0.3, 0.4) is 0 Å². The van der Waals surface area contributed by atoms with Crippen molar-refractivity contribution < 1.29 is 14.0 Å². The quantitative estimate of drug-likeness (QED) is 0.727. The monoisotopic (exact) mass is 406 g/mol. The zero-order chi connectivity index (χ0) is 17.8. The second-order valence-corrected chi connectivity index (χ2v) is 6.39. The molecule has 4 amide bonds. The molecule has 0 atom stereocenters. The maximum atomic E-state index is 13.7. The van der Waals surface area contributed by atoms with Gasteiger partial charge in [-0.15, -0.1) is 0 Å². The molecule has 130 valence electrons. The zero-order valence-corrected chi connectivity index (χ0v) is 14.8. The molecular weight excluding hydrogens is 391 g/mol. The van der Waals surface area contributed by atoms with Crippen molar-refractivity contribution in [2.24, 2.45) is 0 Å². The van der Waals surface area contributed by atoms with Crippen LogP contribution in [0.15, 0.2) is 46.9 Å². The summed E-state index contributed by atoms with van der Waals surface area (Å²) in [6.45, 7) is 1.23. The number of nitrogens with one attached hydrogen (secondary N) is 3. The van der Waals surface area contributed by atoms with Gasteiger partial charge in [-0.05, 0) is 36.4 Å². The second-order valence-electron chi connectivity index (χ2n) is 5.48. The van der Waals surface area contributed by atoms with Gasteiger partial charge < -0.3 is 16.0 Å². The van der Waals surface area contributed by atoms with Crippen LogP contribution in [0.5, 0.6) is 0 Å². The number of hydrogen-bond acceptors (Lipinski definition) is 2. The molecule has 6 nitrogen and oxygen atoms in total. The summed E-state index contributed by atoms with van der Waals surface area (Å²) in [6, 6.07) is 10.9. The van der Waals surface area contributed by atoms with Gasteiger partial charge in [0.05, 0.1) is 0 Å². The Morgan fingerprint density at radius 1 is 1.28 bits per heavy atom. The van der Waals surface area contributed by atoms with Crippen LogP contribution >= 0.6 is 15.9 Å². The SMILES string of the molecule is O=C(NCc1cc(Br)ccc1F)Nc1cccc(N2CCNC2=O)c1. The number of amides is 4. The number of anilines is 2. The van der Waals surface area contributed by atoms with E-state index in [4.69, 9.17) is 0 Å². The van der Waals surface area contributed by atoms with E-state index < -0.39 is 6.03 Å². The topological polar surface area (TPSA) is 73.5 Å². The number of halogens is 2. The fourth-order valence-corrected chi connectivity index (χ4v) is 2.91. The molecule has 0 unspecified atom stereocenters. The summed E-state index contributed by atoms with van der Waals surface area (Å²) < 4.78 is 14.4. The lowest BCUT2D eigenvalue weighted by Crippen LogP contribution is -2.29. The summed E-state index contributed by atoms with van der Waals surface area (Å²) in [5, 5.41) is 8.02. The van der Waals surface area contributed by atoms with Crippen molar-refractivity contribution in [2.45, 2.75) is 6.54 Å². The van der Waals surface area contributed by atoms with Crippen LogP contribution in [0.2, 0.25) is 0 Å². The van der Waals surface area contributed by atoms with Crippen LogP contribution in [0.25, 0.3) is 0 Å². The van der Waals surface area contributed by atoms with Gasteiger partial charge in [-0.25, -0.2) is 14.0 Å². The number of urea groups is 2. The Morgan fingerprint density at radius 3 is 2.88 bits per heavy atom. The fourth-order valence-electron chi connectivity index (χ4n) is 2.50. The van der Waals surface area contributed by atoms with Crippen LogP contribution in [-0.4, -0.2) is 25.2 Å². The van der Waals surface area contributed by atoms with E-state index in [1.807, 2.05) is 0 Å². The number of rotatable bonds is 4. The van der Waals surface area contributed by atoms with Gasteiger partial charge in [-0.2, -0.15) is 0 Å². The van der Waals surface area contributed by atoms with Crippen molar-refractivity contribution >= 4 is 39.4 Å². The fraction of sp³-hybridized carbons (Fsp3) is 0.176. The first-order valence-corrected chi connectivity index (χ1v) is 8.46. The molecule has 0 aromatic heterocycles. The van der Waals surface area contributed by atoms with Gasteiger partial charge in [0.25, 0.3) is 0 Å². The largest absolute Gasteiger partial charge is 0.336 e. The first-order chi connectivity index (χ1) is 12.0. The minimum Gasteiger partial charge on any atom is -0.336 e. The smallest absolute Gasteiger partial charge is 0.321 e. The minimum atomic E-state index is -0.456. The third-order valence-corrected chi connectivity index (χ3v) is 4.21. The van der Waals surface area contributed by atoms with E-state index in [1.54, 1.807) is 41.3 Å². The number of nitrogens with zero attached hydrogens (tertiary/aromatic N) is 1. The molecule has 1 heterocycles. The highest BCUT2D eigenvalue weighted by Gasteiger charge is 2.21. The summed E-state index contributed by atoms with van der Waals surface area (Å²) in [5.74, 6) is -0.384. The van der Waals surface area contributed by atoms with Gasteiger partial charge in [-0.3, -0.25) is 4.90 Å². The molecule has 1 aliphatic rings. The predicted molar refractivity (Wildman–Crippen MR) is 97.1 cm³/mol. The molecule has 0 bridgehead atoms. The highest BCUT2D eigenvalue weighted by molar-refractivity contribution is 9.10. The number of carbonyl (C=O) groups is 2. The molecule has 2 aromatic rings. The Bertz CT molecular complexity index is 815.